The van der Waals surface area contributed by atoms with E-state index in [0.717, 1.165) is 30.5 Å². The Morgan fingerprint density at radius 3 is 2.85 bits per heavy atom. The highest BCUT2D eigenvalue weighted by molar-refractivity contribution is 5.80. The fourth-order valence-electron chi connectivity index (χ4n) is 3.80. The number of pyridine rings is 1. The number of nitrogens with one attached hydrogen (secondary N) is 1. The molecule has 1 aliphatic rings. The molecule has 7 nitrogen and oxygen atoms in total. The Hall–Kier alpha value is -2.70. The number of ether oxygens (including phenoxy) is 1. The van der Waals surface area contributed by atoms with Gasteiger partial charge in [-0.25, -0.2) is 9.67 Å². The van der Waals surface area contributed by atoms with E-state index in [2.05, 4.69) is 16.9 Å². The standard InChI is InChI=1S/C20H25N5O2/c1-3-11-27-16-12-21-10-9-14(16)18-22-19-17(20(26)23-18)15(4-2)24-25(19)13-7-5-6-8-13/h9-10,12-13H,3-8,11H2,1-2H3,(H,22,23,26). The van der Waals surface area contributed by atoms with E-state index in [0.29, 0.717) is 41.7 Å². The molecular formula is C20H25N5O2. The van der Waals surface area contributed by atoms with Crippen molar-refractivity contribution in [2.45, 2.75) is 58.4 Å². The lowest BCUT2D eigenvalue weighted by atomic mass is 10.2. The summed E-state index contributed by atoms with van der Waals surface area (Å²) in [6.45, 7) is 4.66. The van der Waals surface area contributed by atoms with Gasteiger partial charge in [0.15, 0.2) is 5.65 Å². The molecule has 0 aliphatic heterocycles. The van der Waals surface area contributed by atoms with Gasteiger partial charge in [-0.05, 0) is 31.7 Å². The Morgan fingerprint density at radius 1 is 1.30 bits per heavy atom. The van der Waals surface area contributed by atoms with Crippen molar-refractivity contribution >= 4 is 11.0 Å². The van der Waals surface area contributed by atoms with Crippen LogP contribution in [0, 0.1) is 0 Å². The van der Waals surface area contributed by atoms with Crippen LogP contribution in [0.15, 0.2) is 23.3 Å². The van der Waals surface area contributed by atoms with Gasteiger partial charge in [-0.3, -0.25) is 9.78 Å². The van der Waals surface area contributed by atoms with Gasteiger partial charge >= 0.3 is 0 Å². The Labute approximate surface area is 157 Å². The molecule has 3 aromatic rings. The molecule has 142 valence electrons. The van der Waals surface area contributed by atoms with Crippen molar-refractivity contribution in [2.24, 2.45) is 0 Å². The number of aromatic amines is 1. The second kappa shape index (κ2) is 7.50. The van der Waals surface area contributed by atoms with Crippen LogP contribution in [0.4, 0.5) is 0 Å². The van der Waals surface area contributed by atoms with E-state index < -0.39 is 0 Å². The van der Waals surface area contributed by atoms with Gasteiger partial charge in [-0.1, -0.05) is 26.7 Å². The minimum atomic E-state index is -0.144. The van der Waals surface area contributed by atoms with Crippen LogP contribution < -0.4 is 10.3 Å². The maximum Gasteiger partial charge on any atom is 0.262 e. The molecule has 3 aromatic heterocycles. The van der Waals surface area contributed by atoms with E-state index in [1.165, 1.54) is 12.8 Å². The summed E-state index contributed by atoms with van der Waals surface area (Å²) < 4.78 is 7.78. The molecule has 4 rings (SSSR count). The molecule has 27 heavy (non-hydrogen) atoms. The van der Waals surface area contributed by atoms with Crippen molar-refractivity contribution in [3.63, 3.8) is 0 Å². The van der Waals surface area contributed by atoms with Gasteiger partial charge in [0.25, 0.3) is 5.56 Å². The number of H-pyrrole nitrogens is 1. The number of rotatable bonds is 6. The Bertz CT molecular complexity index is 1000. The second-order valence-electron chi connectivity index (χ2n) is 7.02. The smallest absolute Gasteiger partial charge is 0.262 e. The predicted molar refractivity (Wildman–Crippen MR) is 104 cm³/mol. The molecule has 1 N–H and O–H groups in total. The maximum atomic E-state index is 12.9. The highest BCUT2D eigenvalue weighted by Gasteiger charge is 2.24. The Balaban J connectivity index is 1.89. The fraction of sp³-hybridized carbons (Fsp3) is 0.500. The third kappa shape index (κ3) is 3.22. The normalized spacial score (nSPS) is 14.9. The number of nitrogens with zero attached hydrogens (tertiary/aromatic N) is 4. The van der Waals surface area contributed by atoms with Gasteiger partial charge in [0.2, 0.25) is 0 Å². The number of fused-ring (bicyclic) bond motifs is 1. The Morgan fingerprint density at radius 2 is 2.11 bits per heavy atom. The summed E-state index contributed by atoms with van der Waals surface area (Å²) in [7, 11) is 0. The molecule has 0 amide bonds. The van der Waals surface area contributed by atoms with Gasteiger partial charge in [0.1, 0.15) is 17.0 Å². The molecule has 0 unspecified atom stereocenters. The molecule has 0 bridgehead atoms. The number of hydrogen-bond acceptors (Lipinski definition) is 5. The second-order valence-corrected chi connectivity index (χ2v) is 7.02. The average molecular weight is 367 g/mol. The lowest BCUT2D eigenvalue weighted by Gasteiger charge is -2.12. The van der Waals surface area contributed by atoms with Crippen LogP contribution in [0.5, 0.6) is 5.75 Å². The first-order valence-electron chi connectivity index (χ1n) is 9.81. The molecule has 0 radical (unpaired) electrons. The molecule has 1 saturated carbocycles. The van der Waals surface area contributed by atoms with Crippen molar-refractivity contribution in [3.8, 4) is 17.1 Å². The topological polar surface area (TPSA) is 85.7 Å². The van der Waals surface area contributed by atoms with Crippen molar-refractivity contribution < 1.29 is 4.74 Å². The van der Waals surface area contributed by atoms with Crippen LogP contribution in [0.1, 0.15) is 57.7 Å². The first-order valence-corrected chi connectivity index (χ1v) is 9.81. The summed E-state index contributed by atoms with van der Waals surface area (Å²) >= 11 is 0. The monoisotopic (exact) mass is 367 g/mol. The molecule has 0 spiro atoms. The summed E-state index contributed by atoms with van der Waals surface area (Å²) in [5.74, 6) is 1.13. The van der Waals surface area contributed by atoms with Gasteiger partial charge in [-0.2, -0.15) is 5.10 Å². The minimum Gasteiger partial charge on any atom is -0.491 e. The minimum absolute atomic E-state index is 0.144. The summed E-state index contributed by atoms with van der Waals surface area (Å²) in [5, 5.41) is 5.36. The van der Waals surface area contributed by atoms with Crippen LogP contribution in [-0.4, -0.2) is 31.3 Å². The molecule has 0 atom stereocenters. The first kappa shape index (κ1) is 17.7. The van der Waals surface area contributed by atoms with E-state index in [4.69, 9.17) is 14.8 Å². The van der Waals surface area contributed by atoms with Crippen molar-refractivity contribution in [2.75, 3.05) is 6.61 Å². The zero-order valence-electron chi connectivity index (χ0n) is 15.9. The molecule has 0 saturated heterocycles. The number of hydrogen-bond donors (Lipinski definition) is 1. The van der Waals surface area contributed by atoms with Gasteiger partial charge in [-0.15, -0.1) is 0 Å². The van der Waals surface area contributed by atoms with Gasteiger partial charge < -0.3 is 9.72 Å². The molecule has 7 heteroatoms. The fourth-order valence-corrected chi connectivity index (χ4v) is 3.80. The SMILES string of the molecule is CCCOc1cnccc1-c1nc2c(c(CC)nn2C2CCCC2)c(=O)[nH]1. The summed E-state index contributed by atoms with van der Waals surface area (Å²) in [6, 6.07) is 2.15. The highest BCUT2D eigenvalue weighted by Crippen LogP contribution is 2.33. The average Bonchev–Trinajstić information content (AvgIpc) is 3.34. The van der Waals surface area contributed by atoms with Crippen LogP contribution in [0.25, 0.3) is 22.4 Å². The first-order chi connectivity index (χ1) is 13.2. The zero-order chi connectivity index (χ0) is 18.8. The van der Waals surface area contributed by atoms with Gasteiger partial charge in [0.05, 0.1) is 30.1 Å². The third-order valence-electron chi connectivity index (χ3n) is 5.14. The summed E-state index contributed by atoms with van der Waals surface area (Å²) in [6.07, 6.45) is 9.52. The molecule has 3 heterocycles. The lowest BCUT2D eigenvalue weighted by molar-refractivity contribution is 0.317. The third-order valence-corrected chi connectivity index (χ3v) is 5.14. The maximum absolute atomic E-state index is 12.9. The highest BCUT2D eigenvalue weighted by atomic mass is 16.5. The molecular weight excluding hydrogens is 342 g/mol. The van der Waals surface area contributed by atoms with E-state index >= 15 is 0 Å². The van der Waals surface area contributed by atoms with Crippen LogP contribution >= 0.6 is 0 Å². The predicted octanol–water partition coefficient (Wildman–Crippen LogP) is 3.65. The molecule has 1 aliphatic carbocycles. The Kier molecular flexibility index (Phi) is 4.92. The number of aryl methyl sites for hydroxylation is 1. The van der Waals surface area contributed by atoms with E-state index in [1.54, 1.807) is 12.4 Å². The van der Waals surface area contributed by atoms with Crippen molar-refractivity contribution in [1.82, 2.24) is 24.7 Å². The van der Waals surface area contributed by atoms with Crippen molar-refractivity contribution in [3.05, 3.63) is 34.5 Å². The van der Waals surface area contributed by atoms with E-state index in [1.807, 2.05) is 17.7 Å². The number of aromatic nitrogens is 5. The van der Waals surface area contributed by atoms with Crippen molar-refractivity contribution in [1.29, 1.82) is 0 Å². The largest absolute Gasteiger partial charge is 0.491 e. The molecule has 0 aromatic carbocycles. The van der Waals surface area contributed by atoms with E-state index in [9.17, 15) is 4.79 Å². The van der Waals surface area contributed by atoms with Gasteiger partial charge in [0, 0.05) is 6.20 Å². The van der Waals surface area contributed by atoms with Crippen LogP contribution in [-0.2, 0) is 6.42 Å². The zero-order valence-corrected chi connectivity index (χ0v) is 15.9. The summed E-state index contributed by atoms with van der Waals surface area (Å²) in [5.41, 5.74) is 2.09. The quantitative estimate of drug-likeness (QED) is 0.719. The van der Waals surface area contributed by atoms with Crippen LogP contribution in [0.2, 0.25) is 0 Å². The lowest BCUT2D eigenvalue weighted by Crippen LogP contribution is -2.13. The molecule has 1 fully saturated rings. The van der Waals surface area contributed by atoms with E-state index in [-0.39, 0.29) is 5.56 Å². The summed E-state index contributed by atoms with van der Waals surface area (Å²) in [4.78, 5) is 24.8. The van der Waals surface area contributed by atoms with Crippen LogP contribution in [0.3, 0.4) is 0 Å².